The number of carboxylic acids is 2. The minimum atomic E-state index is -1.75. The molecule has 7 heteroatoms. The Kier molecular flexibility index (Phi) is 2.59. The predicted molar refractivity (Wildman–Crippen MR) is 41.7 cm³/mol. The summed E-state index contributed by atoms with van der Waals surface area (Å²) in [5.41, 5.74) is -0.264. The molecule has 0 aromatic carbocycles. The molecule has 1 aromatic rings. The molecule has 1 atom stereocenters. The smallest absolute Gasteiger partial charge is 0.355 e. The van der Waals surface area contributed by atoms with Crippen LogP contribution in [0.15, 0.2) is 5.38 Å². The molecule has 70 valence electrons. The lowest BCUT2D eigenvalue weighted by atomic mass is 10.4. The number of thiazole rings is 1. The molecule has 3 N–H and O–H groups in total. The Morgan fingerprint density at radius 1 is 1.46 bits per heavy atom. The summed E-state index contributed by atoms with van der Waals surface area (Å²) in [6, 6.07) is 0. The van der Waals surface area contributed by atoms with Gasteiger partial charge in [-0.05, 0) is 0 Å². The molecule has 1 rings (SSSR count). The number of hydrogen-bond donors (Lipinski definition) is 3. The van der Waals surface area contributed by atoms with Gasteiger partial charge in [0.25, 0.3) is 0 Å². The number of aromatic nitrogens is 1. The predicted octanol–water partition coefficient (Wildman–Crippen LogP) is -0.0407. The number of aliphatic carboxylic acids is 1. The van der Waals surface area contributed by atoms with Gasteiger partial charge in [0.15, 0.2) is 5.69 Å². The topological polar surface area (TPSA) is 108 Å². The fraction of sp³-hybridized carbons (Fsp3) is 0.167. The normalized spacial score (nSPS) is 12.4. The summed E-state index contributed by atoms with van der Waals surface area (Å²) in [7, 11) is 0. The lowest BCUT2D eigenvalue weighted by Gasteiger charge is -1.97. The average molecular weight is 203 g/mol. The van der Waals surface area contributed by atoms with Gasteiger partial charge in [-0.2, -0.15) is 0 Å². The van der Waals surface area contributed by atoms with Crippen LogP contribution >= 0.6 is 11.3 Å². The van der Waals surface area contributed by atoms with E-state index in [0.29, 0.717) is 0 Å². The van der Waals surface area contributed by atoms with Gasteiger partial charge in [0.1, 0.15) is 5.01 Å². The van der Waals surface area contributed by atoms with Gasteiger partial charge >= 0.3 is 11.9 Å². The van der Waals surface area contributed by atoms with Crippen molar-refractivity contribution in [2.24, 2.45) is 0 Å². The van der Waals surface area contributed by atoms with Crippen LogP contribution in [0.3, 0.4) is 0 Å². The number of rotatable bonds is 3. The molecular formula is C6H5NO5S. The summed E-state index contributed by atoms with van der Waals surface area (Å²) in [5.74, 6) is -2.70. The van der Waals surface area contributed by atoms with E-state index in [0.717, 1.165) is 11.3 Å². The molecular weight excluding hydrogens is 198 g/mol. The van der Waals surface area contributed by atoms with Gasteiger partial charge in [0.05, 0.1) is 0 Å². The van der Waals surface area contributed by atoms with Crippen LogP contribution < -0.4 is 0 Å². The van der Waals surface area contributed by atoms with Gasteiger partial charge in [-0.25, -0.2) is 14.6 Å². The van der Waals surface area contributed by atoms with Gasteiger partial charge < -0.3 is 15.3 Å². The lowest BCUT2D eigenvalue weighted by molar-refractivity contribution is -0.146. The maximum atomic E-state index is 10.3. The first-order chi connectivity index (χ1) is 6.02. The Morgan fingerprint density at radius 2 is 2.08 bits per heavy atom. The highest BCUT2D eigenvalue weighted by atomic mass is 32.1. The second kappa shape index (κ2) is 3.50. The molecule has 1 heterocycles. The molecule has 0 spiro atoms. The molecule has 0 fully saturated rings. The molecule has 13 heavy (non-hydrogen) atoms. The summed E-state index contributed by atoms with van der Waals surface area (Å²) in [5, 5.41) is 26.8. The quantitative estimate of drug-likeness (QED) is 0.636. The van der Waals surface area contributed by atoms with Crippen molar-refractivity contribution < 1.29 is 24.9 Å². The van der Waals surface area contributed by atoms with E-state index in [-0.39, 0.29) is 10.7 Å². The number of nitrogens with zero attached hydrogens (tertiary/aromatic N) is 1. The van der Waals surface area contributed by atoms with Crippen LogP contribution in [0, 0.1) is 0 Å². The summed E-state index contributed by atoms with van der Waals surface area (Å²) in [6.07, 6.45) is -1.75. The fourth-order valence-electron chi connectivity index (χ4n) is 0.617. The average Bonchev–Trinajstić information content (AvgIpc) is 2.50. The van der Waals surface area contributed by atoms with Gasteiger partial charge in [-0.15, -0.1) is 11.3 Å². The van der Waals surface area contributed by atoms with Crippen molar-refractivity contribution in [1.29, 1.82) is 0 Å². The van der Waals surface area contributed by atoms with E-state index >= 15 is 0 Å². The van der Waals surface area contributed by atoms with E-state index < -0.39 is 18.0 Å². The zero-order valence-electron chi connectivity index (χ0n) is 6.17. The Labute approximate surface area is 76.1 Å². The number of carboxylic acid groups (broad SMARTS) is 2. The summed E-state index contributed by atoms with van der Waals surface area (Å²) < 4.78 is 0. The summed E-state index contributed by atoms with van der Waals surface area (Å²) >= 11 is 0.792. The van der Waals surface area contributed by atoms with Crippen molar-refractivity contribution in [1.82, 2.24) is 4.98 Å². The Bertz CT molecular complexity index is 347. The highest BCUT2D eigenvalue weighted by Gasteiger charge is 2.21. The zero-order valence-corrected chi connectivity index (χ0v) is 6.98. The second-order valence-corrected chi connectivity index (χ2v) is 3.01. The third-order valence-corrected chi connectivity index (χ3v) is 2.11. The minimum absolute atomic E-state index is 0.134. The molecule has 1 unspecified atom stereocenters. The van der Waals surface area contributed by atoms with Crippen LogP contribution in [0.4, 0.5) is 0 Å². The monoisotopic (exact) mass is 203 g/mol. The van der Waals surface area contributed by atoms with E-state index in [9.17, 15) is 9.59 Å². The number of aliphatic hydroxyl groups is 1. The number of aliphatic hydroxyl groups excluding tert-OH is 1. The lowest BCUT2D eigenvalue weighted by Crippen LogP contribution is -2.10. The van der Waals surface area contributed by atoms with Crippen molar-refractivity contribution in [2.45, 2.75) is 6.10 Å². The largest absolute Gasteiger partial charge is 0.479 e. The maximum Gasteiger partial charge on any atom is 0.355 e. The number of hydrogen-bond acceptors (Lipinski definition) is 5. The summed E-state index contributed by atoms with van der Waals surface area (Å²) in [6.45, 7) is 0. The maximum absolute atomic E-state index is 10.3. The molecule has 0 saturated carbocycles. The van der Waals surface area contributed by atoms with Crippen molar-refractivity contribution >= 4 is 23.3 Å². The van der Waals surface area contributed by atoms with Crippen LogP contribution in [0.25, 0.3) is 0 Å². The van der Waals surface area contributed by atoms with E-state index in [1.54, 1.807) is 0 Å². The molecule has 0 bridgehead atoms. The first-order valence-electron chi connectivity index (χ1n) is 3.12. The third kappa shape index (κ3) is 2.01. The van der Waals surface area contributed by atoms with Crippen molar-refractivity contribution in [3.8, 4) is 0 Å². The molecule has 1 aromatic heterocycles. The second-order valence-electron chi connectivity index (χ2n) is 2.12. The van der Waals surface area contributed by atoms with Crippen LogP contribution in [-0.2, 0) is 4.79 Å². The van der Waals surface area contributed by atoms with Crippen LogP contribution in [0.2, 0.25) is 0 Å². The fourth-order valence-corrected chi connectivity index (χ4v) is 1.38. The van der Waals surface area contributed by atoms with Crippen LogP contribution in [0.5, 0.6) is 0 Å². The molecule has 0 aliphatic rings. The van der Waals surface area contributed by atoms with Gasteiger partial charge in [0, 0.05) is 5.38 Å². The van der Waals surface area contributed by atoms with Gasteiger partial charge in [-0.3, -0.25) is 0 Å². The molecule has 0 saturated heterocycles. The van der Waals surface area contributed by atoms with Crippen molar-refractivity contribution in [3.05, 3.63) is 16.1 Å². The molecule has 0 aliphatic carbocycles. The molecule has 0 radical (unpaired) electrons. The SMILES string of the molecule is O=C(O)c1csc(C(O)C(=O)O)n1. The first-order valence-corrected chi connectivity index (χ1v) is 4.00. The first kappa shape index (κ1) is 9.62. The Balaban J connectivity index is 2.91. The number of carbonyl (C=O) groups is 2. The summed E-state index contributed by atoms with van der Waals surface area (Å²) in [4.78, 5) is 24.0. The van der Waals surface area contributed by atoms with E-state index in [2.05, 4.69) is 4.98 Å². The van der Waals surface area contributed by atoms with Crippen LogP contribution in [0.1, 0.15) is 21.6 Å². The van der Waals surface area contributed by atoms with Crippen molar-refractivity contribution in [3.63, 3.8) is 0 Å². The van der Waals surface area contributed by atoms with E-state index in [1.165, 1.54) is 5.38 Å². The number of aromatic carboxylic acids is 1. The molecule has 6 nitrogen and oxygen atoms in total. The van der Waals surface area contributed by atoms with E-state index in [4.69, 9.17) is 15.3 Å². The third-order valence-electron chi connectivity index (χ3n) is 1.21. The van der Waals surface area contributed by atoms with Crippen molar-refractivity contribution in [2.75, 3.05) is 0 Å². The zero-order chi connectivity index (χ0) is 10.0. The van der Waals surface area contributed by atoms with Gasteiger partial charge in [0.2, 0.25) is 6.10 Å². The van der Waals surface area contributed by atoms with Gasteiger partial charge in [-0.1, -0.05) is 0 Å². The Hall–Kier alpha value is -1.47. The van der Waals surface area contributed by atoms with E-state index in [1.807, 2.05) is 0 Å². The van der Waals surface area contributed by atoms with Crippen LogP contribution in [-0.4, -0.2) is 32.2 Å². The Morgan fingerprint density at radius 3 is 2.46 bits per heavy atom. The standard InChI is InChI=1S/C6H5NO5S/c8-3(6(11)12)4-7-2(1-13-4)5(9)10/h1,3,8H,(H,9,10)(H,11,12). The highest BCUT2D eigenvalue weighted by molar-refractivity contribution is 7.10. The molecule has 0 aliphatic heterocycles. The highest BCUT2D eigenvalue weighted by Crippen LogP contribution is 2.18. The molecule has 0 amide bonds. The minimum Gasteiger partial charge on any atom is -0.479 e.